The van der Waals surface area contributed by atoms with Gasteiger partial charge in [-0.1, -0.05) is 13.3 Å². The molecule has 0 aromatic rings. The lowest BCUT2D eigenvalue weighted by Crippen LogP contribution is -2.60. The Morgan fingerprint density at radius 1 is 1.16 bits per heavy atom. The molecule has 10 heteroatoms. The number of hydrogen-bond acceptors (Lipinski definition) is 8. The number of piperazine rings is 1. The van der Waals surface area contributed by atoms with E-state index in [0.29, 0.717) is 19.7 Å². The van der Waals surface area contributed by atoms with Crippen molar-refractivity contribution in [1.82, 2.24) is 15.5 Å². The van der Waals surface area contributed by atoms with Crippen molar-refractivity contribution in [3.05, 3.63) is 0 Å². The number of ketones is 1. The third-order valence-electron chi connectivity index (χ3n) is 4.48. The lowest BCUT2D eigenvalue weighted by molar-refractivity contribution is -0.143. The molecular weight excluding hydrogens is 406 g/mol. The summed E-state index contributed by atoms with van der Waals surface area (Å²) in [5.74, 6) is -0.787. The number of alkyl carbamates (subject to hydrolysis) is 1. The van der Waals surface area contributed by atoms with Crippen molar-refractivity contribution in [3.63, 3.8) is 0 Å². The number of carbonyl (C=O) groups excluding carboxylic acids is 4. The Kier molecular flexibility index (Phi) is 11.3. The van der Waals surface area contributed by atoms with E-state index in [1.807, 2.05) is 6.92 Å². The van der Waals surface area contributed by atoms with Crippen molar-refractivity contribution in [2.24, 2.45) is 0 Å². The molecule has 2 amide bonds. The molecule has 0 radical (unpaired) electrons. The highest BCUT2D eigenvalue weighted by atomic mass is 16.6. The number of Topliss-reactive ketones (excluding diaryl/α,β-unsaturated/α-hetero) is 1. The van der Waals surface area contributed by atoms with Gasteiger partial charge in [-0.3, -0.25) is 9.59 Å². The first kappa shape index (κ1) is 26.7. The summed E-state index contributed by atoms with van der Waals surface area (Å²) in [4.78, 5) is 50.9. The van der Waals surface area contributed by atoms with Crippen LogP contribution in [0.3, 0.4) is 0 Å². The van der Waals surface area contributed by atoms with Gasteiger partial charge in [0.05, 0.1) is 25.3 Å². The molecule has 0 aromatic carbocycles. The van der Waals surface area contributed by atoms with E-state index >= 15 is 0 Å². The summed E-state index contributed by atoms with van der Waals surface area (Å²) in [5, 5.41) is 5.64. The standard InChI is InChI=1S/C21H37N3O7/c1-6-8-13-30-20(28)24-12-11-22-16(14-24)18(26)15(9-10-17(25)29-7-2)23-19(27)31-21(3,4)5/h15-16,22H,6-14H2,1-5H3,(H,23,27)/t15-,16?/m0/s1. The quantitative estimate of drug-likeness (QED) is 0.299. The molecule has 0 aliphatic carbocycles. The number of nitrogens with zero attached hydrogens (tertiary/aromatic N) is 1. The Balaban J connectivity index is 2.79. The highest BCUT2D eigenvalue weighted by Gasteiger charge is 2.34. The van der Waals surface area contributed by atoms with E-state index in [-0.39, 0.29) is 31.8 Å². The first-order valence-electron chi connectivity index (χ1n) is 10.9. The zero-order chi connectivity index (χ0) is 23.4. The Hall–Kier alpha value is -2.36. The van der Waals surface area contributed by atoms with Gasteiger partial charge in [0.15, 0.2) is 5.78 Å². The first-order valence-corrected chi connectivity index (χ1v) is 10.9. The van der Waals surface area contributed by atoms with E-state index in [1.165, 1.54) is 4.90 Å². The molecule has 0 bridgehead atoms. The predicted molar refractivity (Wildman–Crippen MR) is 114 cm³/mol. The van der Waals surface area contributed by atoms with E-state index in [2.05, 4.69) is 10.6 Å². The zero-order valence-corrected chi connectivity index (χ0v) is 19.3. The number of hydrogen-bond donors (Lipinski definition) is 2. The molecule has 1 aliphatic heterocycles. The molecule has 0 aromatic heterocycles. The fourth-order valence-corrected chi connectivity index (χ4v) is 2.98. The minimum atomic E-state index is -0.965. The van der Waals surface area contributed by atoms with Gasteiger partial charge < -0.3 is 29.7 Å². The van der Waals surface area contributed by atoms with E-state index in [4.69, 9.17) is 14.2 Å². The van der Waals surface area contributed by atoms with Gasteiger partial charge in [0.1, 0.15) is 5.60 Å². The predicted octanol–water partition coefficient (Wildman–Crippen LogP) is 2.00. The van der Waals surface area contributed by atoms with Crippen LogP contribution in [-0.4, -0.2) is 79.4 Å². The molecule has 1 aliphatic rings. The summed E-state index contributed by atoms with van der Waals surface area (Å²) in [6, 6.07) is -1.66. The third-order valence-corrected chi connectivity index (χ3v) is 4.48. The Labute approximate surface area is 184 Å². The number of carbonyl (C=O) groups is 4. The van der Waals surface area contributed by atoms with Crippen molar-refractivity contribution in [2.45, 2.75) is 78.0 Å². The number of amides is 2. The van der Waals surface area contributed by atoms with Crippen LogP contribution >= 0.6 is 0 Å². The summed E-state index contributed by atoms with van der Waals surface area (Å²) in [6.45, 7) is 10.4. The number of ether oxygens (including phenoxy) is 3. The SMILES string of the molecule is CCCCOC(=O)N1CCNC(C(=O)[C@H](CCC(=O)OCC)NC(=O)OC(C)(C)C)C1. The zero-order valence-electron chi connectivity index (χ0n) is 19.3. The largest absolute Gasteiger partial charge is 0.466 e. The van der Waals surface area contributed by atoms with E-state index in [1.54, 1.807) is 27.7 Å². The Morgan fingerprint density at radius 2 is 1.87 bits per heavy atom. The van der Waals surface area contributed by atoms with Crippen LogP contribution in [0.15, 0.2) is 0 Å². The molecule has 1 saturated heterocycles. The molecule has 1 unspecified atom stereocenters. The van der Waals surface area contributed by atoms with E-state index in [0.717, 1.165) is 12.8 Å². The van der Waals surface area contributed by atoms with Gasteiger partial charge in [0, 0.05) is 26.1 Å². The van der Waals surface area contributed by atoms with Crippen LogP contribution < -0.4 is 10.6 Å². The Bertz CT molecular complexity index is 619. The topological polar surface area (TPSA) is 123 Å². The molecule has 10 nitrogen and oxygen atoms in total. The second kappa shape index (κ2) is 13.1. The molecule has 0 saturated carbocycles. The molecule has 2 atom stereocenters. The second-order valence-electron chi connectivity index (χ2n) is 8.37. The van der Waals surface area contributed by atoms with Crippen molar-refractivity contribution in [2.75, 3.05) is 32.8 Å². The number of unbranched alkanes of at least 4 members (excludes halogenated alkanes) is 1. The fourth-order valence-electron chi connectivity index (χ4n) is 2.98. The smallest absolute Gasteiger partial charge is 0.409 e. The molecule has 31 heavy (non-hydrogen) atoms. The van der Waals surface area contributed by atoms with E-state index in [9.17, 15) is 19.2 Å². The Morgan fingerprint density at radius 3 is 2.48 bits per heavy atom. The van der Waals surface area contributed by atoms with Crippen LogP contribution in [0.1, 0.15) is 60.3 Å². The van der Waals surface area contributed by atoms with Crippen molar-refractivity contribution < 1.29 is 33.4 Å². The third kappa shape index (κ3) is 10.5. The molecular formula is C21H37N3O7. The maximum Gasteiger partial charge on any atom is 0.409 e. The lowest BCUT2D eigenvalue weighted by atomic mass is 9.99. The van der Waals surface area contributed by atoms with E-state index < -0.39 is 35.8 Å². The van der Waals surface area contributed by atoms with Gasteiger partial charge in [0.2, 0.25) is 0 Å². The van der Waals surface area contributed by atoms with Gasteiger partial charge in [-0.2, -0.15) is 0 Å². The van der Waals surface area contributed by atoms with Gasteiger partial charge in [0.25, 0.3) is 0 Å². The molecule has 0 spiro atoms. The molecule has 1 fully saturated rings. The van der Waals surface area contributed by atoms with Crippen LogP contribution in [0.5, 0.6) is 0 Å². The van der Waals surface area contributed by atoms with Gasteiger partial charge in [-0.05, 0) is 40.5 Å². The van der Waals surface area contributed by atoms with Crippen LogP contribution in [0.25, 0.3) is 0 Å². The number of nitrogens with one attached hydrogen (secondary N) is 2. The first-order chi connectivity index (χ1) is 14.6. The molecule has 1 rings (SSSR count). The second-order valence-corrected chi connectivity index (χ2v) is 8.37. The summed E-state index contributed by atoms with van der Waals surface area (Å²) < 4.78 is 15.4. The highest BCUT2D eigenvalue weighted by molar-refractivity contribution is 5.92. The molecule has 1 heterocycles. The summed E-state index contributed by atoms with van der Waals surface area (Å²) >= 11 is 0. The van der Waals surface area contributed by atoms with Crippen LogP contribution in [0, 0.1) is 0 Å². The average Bonchev–Trinajstić information content (AvgIpc) is 2.69. The van der Waals surface area contributed by atoms with Crippen LogP contribution in [-0.2, 0) is 23.8 Å². The number of esters is 1. The number of rotatable bonds is 10. The molecule has 2 N–H and O–H groups in total. The summed E-state index contributed by atoms with van der Waals surface area (Å²) in [7, 11) is 0. The van der Waals surface area contributed by atoms with Crippen LogP contribution in [0.2, 0.25) is 0 Å². The minimum absolute atomic E-state index is 0.0322. The van der Waals surface area contributed by atoms with Gasteiger partial charge in [-0.25, -0.2) is 9.59 Å². The van der Waals surface area contributed by atoms with Gasteiger partial charge >= 0.3 is 18.2 Å². The van der Waals surface area contributed by atoms with Crippen molar-refractivity contribution in [3.8, 4) is 0 Å². The minimum Gasteiger partial charge on any atom is -0.466 e. The molecule has 178 valence electrons. The highest BCUT2D eigenvalue weighted by Crippen LogP contribution is 2.12. The van der Waals surface area contributed by atoms with Crippen molar-refractivity contribution in [1.29, 1.82) is 0 Å². The van der Waals surface area contributed by atoms with Gasteiger partial charge in [-0.15, -0.1) is 0 Å². The fraction of sp³-hybridized carbons (Fsp3) is 0.810. The normalized spacial score (nSPS) is 17.5. The maximum absolute atomic E-state index is 13.1. The summed E-state index contributed by atoms with van der Waals surface area (Å²) in [6.07, 6.45) is 0.507. The maximum atomic E-state index is 13.1. The van der Waals surface area contributed by atoms with Crippen molar-refractivity contribution >= 4 is 23.9 Å². The van der Waals surface area contributed by atoms with Crippen LogP contribution in [0.4, 0.5) is 9.59 Å². The lowest BCUT2D eigenvalue weighted by Gasteiger charge is -2.34. The summed E-state index contributed by atoms with van der Waals surface area (Å²) in [5.41, 5.74) is -0.735. The monoisotopic (exact) mass is 443 g/mol. The average molecular weight is 444 g/mol.